The van der Waals surface area contributed by atoms with Crippen molar-refractivity contribution in [1.29, 1.82) is 0 Å². The van der Waals surface area contributed by atoms with E-state index >= 15 is 0 Å². The summed E-state index contributed by atoms with van der Waals surface area (Å²) in [6, 6.07) is 37.2. The predicted molar refractivity (Wildman–Crippen MR) is 168 cm³/mol. The lowest BCUT2D eigenvalue weighted by Gasteiger charge is -2.45. The molecule has 1 fully saturated rings. The Kier molecular flexibility index (Phi) is 11.5. The summed E-state index contributed by atoms with van der Waals surface area (Å²) in [5.74, 6) is -0.417. The fourth-order valence-corrected chi connectivity index (χ4v) is 5.17. The van der Waals surface area contributed by atoms with Gasteiger partial charge in [-0.3, -0.25) is 0 Å². The lowest BCUT2D eigenvalue weighted by molar-refractivity contribution is -0.309. The molecule has 5 rings (SSSR count). The smallest absolute Gasteiger partial charge is 0.338 e. The zero-order chi connectivity index (χ0) is 30.6. The van der Waals surface area contributed by atoms with E-state index in [1.165, 1.54) is 7.11 Å². The van der Waals surface area contributed by atoms with Crippen LogP contribution < -0.4 is 0 Å². The molecule has 0 amide bonds. The van der Waals surface area contributed by atoms with Gasteiger partial charge >= 0.3 is 5.97 Å². The molecule has 1 aliphatic heterocycles. The molecule has 7 nitrogen and oxygen atoms in total. The van der Waals surface area contributed by atoms with Crippen molar-refractivity contribution in [2.75, 3.05) is 14.2 Å². The van der Waals surface area contributed by atoms with Crippen molar-refractivity contribution < 1.29 is 33.2 Å². The van der Waals surface area contributed by atoms with E-state index < -0.39 is 36.7 Å². The van der Waals surface area contributed by atoms with E-state index in [1.54, 1.807) is 19.2 Å². The van der Waals surface area contributed by atoms with Crippen LogP contribution in [0.2, 0.25) is 0 Å². The fraction of sp³-hybridized carbons (Fsp3) is 0.270. The molecule has 44 heavy (non-hydrogen) atoms. The Hall–Kier alpha value is -4.11. The average molecular weight is 595 g/mol. The summed E-state index contributed by atoms with van der Waals surface area (Å²) in [5.41, 5.74) is 4.21. The first-order chi connectivity index (χ1) is 21.7. The number of rotatable bonds is 13. The number of ether oxygens (including phenoxy) is 6. The first-order valence-corrected chi connectivity index (χ1v) is 14.7. The third-order valence-corrected chi connectivity index (χ3v) is 7.45. The van der Waals surface area contributed by atoms with E-state index in [9.17, 15) is 4.79 Å². The molecule has 0 bridgehead atoms. The van der Waals surface area contributed by atoms with E-state index in [0.29, 0.717) is 30.9 Å². The van der Waals surface area contributed by atoms with Crippen LogP contribution in [0.5, 0.6) is 0 Å². The van der Waals surface area contributed by atoms with E-state index in [-0.39, 0.29) is 0 Å². The highest BCUT2D eigenvalue weighted by atomic mass is 16.7. The van der Waals surface area contributed by atoms with Crippen LogP contribution in [0.4, 0.5) is 0 Å². The molecule has 5 atom stereocenters. The molecule has 1 saturated heterocycles. The molecular weight excluding hydrogens is 556 g/mol. The van der Waals surface area contributed by atoms with Crippen LogP contribution in [-0.2, 0) is 48.2 Å². The highest BCUT2D eigenvalue weighted by Gasteiger charge is 2.48. The molecule has 1 heterocycles. The second-order valence-corrected chi connectivity index (χ2v) is 10.4. The molecule has 228 valence electrons. The zero-order valence-electron chi connectivity index (χ0n) is 25.0. The molecule has 0 radical (unpaired) electrons. The topological polar surface area (TPSA) is 72.5 Å². The van der Waals surface area contributed by atoms with E-state index in [2.05, 4.69) is 0 Å². The molecule has 0 spiro atoms. The van der Waals surface area contributed by atoms with Crippen LogP contribution in [0.1, 0.15) is 32.6 Å². The zero-order valence-corrected chi connectivity index (χ0v) is 25.0. The molecule has 0 saturated carbocycles. The van der Waals surface area contributed by atoms with Crippen molar-refractivity contribution >= 4 is 12.0 Å². The van der Waals surface area contributed by atoms with Crippen LogP contribution in [-0.4, -0.2) is 50.9 Å². The largest absolute Gasteiger partial charge is 0.465 e. The predicted octanol–water partition coefficient (Wildman–Crippen LogP) is 6.61. The van der Waals surface area contributed by atoms with Gasteiger partial charge in [0.25, 0.3) is 0 Å². The minimum Gasteiger partial charge on any atom is -0.465 e. The number of benzene rings is 4. The Bertz CT molecular complexity index is 1460. The average Bonchev–Trinajstić information content (AvgIpc) is 3.09. The lowest BCUT2D eigenvalue weighted by atomic mass is 9.96. The lowest BCUT2D eigenvalue weighted by Crippen LogP contribution is -2.60. The standard InChI is InChI=1S/C37H38O7/c1-39-36(38)31-21-13-12-20-30(31)22-23-32-33(41-24-27-14-6-3-7-15-27)34(42-25-28-16-8-4-9-17-28)35(37(40-2)44-32)43-26-29-18-10-5-11-19-29/h3-23,32-35,37H,24-26H2,1-2H3/b23-22+/t32-,33-,34+,35-,37+/m1/s1. The molecule has 0 aromatic heterocycles. The Morgan fingerprint density at radius 2 is 1.11 bits per heavy atom. The Morgan fingerprint density at radius 1 is 0.636 bits per heavy atom. The highest BCUT2D eigenvalue weighted by Crippen LogP contribution is 2.32. The van der Waals surface area contributed by atoms with Gasteiger partial charge in [0.1, 0.15) is 24.4 Å². The number of hydrogen-bond donors (Lipinski definition) is 0. The monoisotopic (exact) mass is 594 g/mol. The minimum atomic E-state index is -0.749. The minimum absolute atomic E-state index is 0.339. The summed E-state index contributed by atoms with van der Waals surface area (Å²) in [4.78, 5) is 12.4. The van der Waals surface area contributed by atoms with Crippen molar-refractivity contribution in [3.8, 4) is 0 Å². The maximum absolute atomic E-state index is 12.4. The van der Waals surface area contributed by atoms with Crippen molar-refractivity contribution in [3.63, 3.8) is 0 Å². The van der Waals surface area contributed by atoms with Gasteiger partial charge in [0.2, 0.25) is 0 Å². The fourth-order valence-electron chi connectivity index (χ4n) is 5.17. The van der Waals surface area contributed by atoms with Gasteiger partial charge in [-0.2, -0.15) is 0 Å². The molecule has 7 heteroatoms. The second-order valence-electron chi connectivity index (χ2n) is 10.4. The van der Waals surface area contributed by atoms with Crippen LogP contribution in [0.25, 0.3) is 6.08 Å². The first-order valence-electron chi connectivity index (χ1n) is 14.7. The third-order valence-electron chi connectivity index (χ3n) is 7.45. The van der Waals surface area contributed by atoms with Crippen molar-refractivity contribution in [3.05, 3.63) is 149 Å². The molecule has 0 N–H and O–H groups in total. The second kappa shape index (κ2) is 16.1. The van der Waals surface area contributed by atoms with Crippen molar-refractivity contribution in [2.24, 2.45) is 0 Å². The van der Waals surface area contributed by atoms with Gasteiger partial charge in [0, 0.05) is 7.11 Å². The molecule has 0 unspecified atom stereocenters. The third kappa shape index (κ3) is 8.29. The van der Waals surface area contributed by atoms with Crippen molar-refractivity contribution in [2.45, 2.75) is 50.5 Å². The van der Waals surface area contributed by atoms with Crippen LogP contribution in [0.15, 0.2) is 121 Å². The van der Waals surface area contributed by atoms with Gasteiger partial charge in [-0.1, -0.05) is 121 Å². The van der Waals surface area contributed by atoms with Gasteiger partial charge in [-0.15, -0.1) is 0 Å². The molecule has 1 aliphatic rings. The van der Waals surface area contributed by atoms with Gasteiger partial charge in [-0.25, -0.2) is 4.79 Å². The van der Waals surface area contributed by atoms with Crippen LogP contribution >= 0.6 is 0 Å². The maximum atomic E-state index is 12.4. The number of methoxy groups -OCH3 is 2. The number of hydrogen-bond acceptors (Lipinski definition) is 7. The summed E-state index contributed by atoms with van der Waals surface area (Å²) in [7, 11) is 2.96. The Morgan fingerprint density at radius 3 is 1.64 bits per heavy atom. The number of esters is 1. The van der Waals surface area contributed by atoms with Gasteiger partial charge in [0.15, 0.2) is 6.29 Å². The van der Waals surface area contributed by atoms with Gasteiger partial charge < -0.3 is 28.4 Å². The van der Waals surface area contributed by atoms with Crippen LogP contribution in [0, 0.1) is 0 Å². The molecule has 4 aromatic rings. The normalized spacial score (nSPS) is 21.7. The van der Waals surface area contributed by atoms with Crippen molar-refractivity contribution in [1.82, 2.24) is 0 Å². The van der Waals surface area contributed by atoms with E-state index in [1.807, 2.05) is 115 Å². The summed E-state index contributed by atoms with van der Waals surface area (Å²) in [5, 5.41) is 0. The molecule has 0 aliphatic carbocycles. The highest BCUT2D eigenvalue weighted by molar-refractivity contribution is 5.93. The van der Waals surface area contributed by atoms with Crippen LogP contribution in [0.3, 0.4) is 0 Å². The summed E-state index contributed by atoms with van der Waals surface area (Å²) < 4.78 is 37.1. The maximum Gasteiger partial charge on any atom is 0.338 e. The number of carbonyl (C=O) groups excluding carboxylic acids is 1. The summed E-state index contributed by atoms with van der Waals surface area (Å²) in [6.07, 6.45) is 0.655. The first kappa shape index (κ1) is 31.3. The van der Waals surface area contributed by atoms with Gasteiger partial charge in [-0.05, 0) is 28.3 Å². The van der Waals surface area contributed by atoms with Gasteiger partial charge in [0.05, 0.1) is 32.5 Å². The molecular formula is C37H38O7. The summed E-state index contributed by atoms with van der Waals surface area (Å²) >= 11 is 0. The summed E-state index contributed by atoms with van der Waals surface area (Å²) in [6.45, 7) is 1.03. The van der Waals surface area contributed by atoms with E-state index in [0.717, 1.165) is 16.7 Å². The Labute approximate surface area is 258 Å². The molecule has 4 aromatic carbocycles. The van der Waals surface area contributed by atoms with E-state index in [4.69, 9.17) is 28.4 Å². The number of carbonyl (C=O) groups is 1. The quantitative estimate of drug-likeness (QED) is 0.161. The SMILES string of the molecule is COC(=O)c1ccccc1/C=C/[C@H]1O[C@H](OC)[C@H](OCc2ccccc2)[C@@H](OCc2ccccc2)[C@@H]1OCc1ccccc1. The Balaban J connectivity index is 1.48.